The Morgan fingerprint density at radius 2 is 1.59 bits per heavy atom. The first-order valence-corrected chi connectivity index (χ1v) is 12.0. The number of piperazine rings is 1. The zero-order chi connectivity index (χ0) is 22.4. The van der Waals surface area contributed by atoms with E-state index in [4.69, 9.17) is 4.74 Å². The lowest BCUT2D eigenvalue weighted by molar-refractivity contribution is -0.127. The molecule has 1 saturated carbocycles. The molecule has 32 heavy (non-hydrogen) atoms. The third kappa shape index (κ3) is 4.85. The maximum absolute atomic E-state index is 13.7. The van der Waals surface area contributed by atoms with Gasteiger partial charge >= 0.3 is 0 Å². The van der Waals surface area contributed by atoms with E-state index in [-0.39, 0.29) is 5.92 Å². The van der Waals surface area contributed by atoms with E-state index in [2.05, 4.69) is 53.3 Å². The molecular weight excluding hydrogens is 396 g/mol. The summed E-state index contributed by atoms with van der Waals surface area (Å²) in [6.07, 6.45) is 10.0. The SMILES string of the molecule is COc1ccccc1N1CCN(/C=C\[C@@](C)(C(=O)C2CCCCC2)c2ccccc2)CC1. The zero-order valence-electron chi connectivity index (χ0n) is 19.5. The number of benzene rings is 2. The number of allylic oxidation sites excluding steroid dienone is 1. The number of Topliss-reactive ketones (excluding diaryl/α,β-unsaturated/α-hetero) is 1. The van der Waals surface area contributed by atoms with Crippen LogP contribution in [-0.4, -0.2) is 44.0 Å². The van der Waals surface area contributed by atoms with Gasteiger partial charge in [0.2, 0.25) is 0 Å². The van der Waals surface area contributed by atoms with E-state index < -0.39 is 5.41 Å². The van der Waals surface area contributed by atoms with Crippen molar-refractivity contribution in [1.82, 2.24) is 4.90 Å². The minimum absolute atomic E-state index is 0.181. The molecule has 0 aromatic heterocycles. The van der Waals surface area contributed by atoms with Gasteiger partial charge in [-0.1, -0.05) is 67.8 Å². The van der Waals surface area contributed by atoms with E-state index in [9.17, 15) is 4.79 Å². The minimum atomic E-state index is -0.580. The molecule has 1 atom stereocenters. The summed E-state index contributed by atoms with van der Waals surface area (Å²) in [6, 6.07) is 18.5. The summed E-state index contributed by atoms with van der Waals surface area (Å²) in [4.78, 5) is 18.4. The van der Waals surface area contributed by atoms with Gasteiger partial charge < -0.3 is 14.5 Å². The van der Waals surface area contributed by atoms with Crippen LogP contribution < -0.4 is 9.64 Å². The van der Waals surface area contributed by atoms with Crippen LogP contribution in [0.1, 0.15) is 44.6 Å². The molecule has 0 N–H and O–H groups in total. The number of carbonyl (C=O) groups excluding carboxylic acids is 1. The Morgan fingerprint density at radius 3 is 2.28 bits per heavy atom. The third-order valence-electron chi connectivity index (χ3n) is 7.22. The van der Waals surface area contributed by atoms with Crippen LogP contribution in [0.5, 0.6) is 5.75 Å². The van der Waals surface area contributed by atoms with Gasteiger partial charge in [-0.3, -0.25) is 4.79 Å². The number of rotatable bonds is 7. The molecule has 1 aliphatic heterocycles. The number of ketones is 1. The fraction of sp³-hybridized carbons (Fsp3) is 0.464. The van der Waals surface area contributed by atoms with Gasteiger partial charge in [0.15, 0.2) is 0 Å². The predicted octanol–water partition coefficient (Wildman–Crippen LogP) is 5.44. The van der Waals surface area contributed by atoms with Gasteiger partial charge in [0.1, 0.15) is 11.5 Å². The van der Waals surface area contributed by atoms with Crippen LogP contribution in [0.15, 0.2) is 66.9 Å². The molecule has 0 amide bonds. The van der Waals surface area contributed by atoms with Crippen LogP contribution in [0.25, 0.3) is 0 Å². The van der Waals surface area contributed by atoms with E-state index in [1.165, 1.54) is 19.3 Å². The van der Waals surface area contributed by atoms with Gasteiger partial charge in [0.25, 0.3) is 0 Å². The highest BCUT2D eigenvalue weighted by molar-refractivity contribution is 5.93. The van der Waals surface area contributed by atoms with Crippen LogP contribution in [-0.2, 0) is 10.2 Å². The number of methoxy groups -OCH3 is 1. The summed E-state index contributed by atoms with van der Waals surface area (Å²) in [5.74, 6) is 1.49. The Balaban J connectivity index is 1.48. The molecule has 2 fully saturated rings. The average Bonchev–Trinajstić information content (AvgIpc) is 2.88. The van der Waals surface area contributed by atoms with Crippen molar-refractivity contribution in [3.8, 4) is 5.75 Å². The van der Waals surface area contributed by atoms with E-state index in [0.717, 1.165) is 56.0 Å². The maximum Gasteiger partial charge on any atom is 0.150 e. The predicted molar refractivity (Wildman–Crippen MR) is 131 cm³/mol. The molecule has 4 rings (SSSR count). The second-order valence-corrected chi connectivity index (χ2v) is 9.28. The molecule has 0 bridgehead atoms. The summed E-state index contributed by atoms with van der Waals surface area (Å²) in [6.45, 7) is 5.83. The lowest BCUT2D eigenvalue weighted by atomic mass is 9.70. The summed E-state index contributed by atoms with van der Waals surface area (Å²) >= 11 is 0. The lowest BCUT2D eigenvalue weighted by Crippen LogP contribution is -2.44. The first-order chi connectivity index (χ1) is 15.6. The number of para-hydroxylation sites is 2. The van der Waals surface area contributed by atoms with Crippen molar-refractivity contribution in [2.45, 2.75) is 44.4 Å². The molecule has 1 aliphatic carbocycles. The molecule has 0 unspecified atom stereocenters. The van der Waals surface area contributed by atoms with Crippen molar-refractivity contribution in [3.05, 3.63) is 72.4 Å². The van der Waals surface area contributed by atoms with Gasteiger partial charge in [-0.15, -0.1) is 0 Å². The molecule has 0 spiro atoms. The second kappa shape index (κ2) is 10.2. The van der Waals surface area contributed by atoms with Crippen LogP contribution in [0.3, 0.4) is 0 Å². The molecule has 170 valence electrons. The standard InChI is InChI=1S/C28H36N2O2/c1-28(24-13-7-4-8-14-24,27(31)23-11-5-3-6-12-23)17-18-29-19-21-30(22-20-29)25-15-9-10-16-26(25)32-2/h4,7-10,13-18,23H,3,5-6,11-12,19-22H2,1-2H3/b18-17-/t28-/m1/s1. The molecule has 2 aromatic rings. The van der Waals surface area contributed by atoms with Crippen molar-refractivity contribution in [2.24, 2.45) is 5.92 Å². The number of ether oxygens (including phenoxy) is 1. The van der Waals surface area contributed by atoms with Crippen LogP contribution in [0, 0.1) is 5.92 Å². The Bertz CT molecular complexity index is 912. The summed E-state index contributed by atoms with van der Waals surface area (Å²) in [5.41, 5.74) is 1.67. The van der Waals surface area contributed by atoms with Crippen molar-refractivity contribution in [1.29, 1.82) is 0 Å². The molecule has 1 saturated heterocycles. The van der Waals surface area contributed by atoms with Crippen LogP contribution in [0.2, 0.25) is 0 Å². The van der Waals surface area contributed by atoms with Gasteiger partial charge in [0.05, 0.1) is 18.2 Å². The van der Waals surface area contributed by atoms with E-state index >= 15 is 0 Å². The zero-order valence-corrected chi connectivity index (χ0v) is 19.5. The van der Waals surface area contributed by atoms with E-state index in [1.54, 1.807) is 7.11 Å². The molecular formula is C28H36N2O2. The quantitative estimate of drug-likeness (QED) is 0.583. The van der Waals surface area contributed by atoms with E-state index in [0.29, 0.717) is 5.78 Å². The molecule has 0 radical (unpaired) electrons. The highest BCUT2D eigenvalue weighted by Gasteiger charge is 2.37. The number of carbonyl (C=O) groups is 1. The van der Waals surface area contributed by atoms with Crippen molar-refractivity contribution in [3.63, 3.8) is 0 Å². The van der Waals surface area contributed by atoms with Gasteiger partial charge in [-0.2, -0.15) is 0 Å². The highest BCUT2D eigenvalue weighted by atomic mass is 16.5. The molecule has 4 heteroatoms. The first-order valence-electron chi connectivity index (χ1n) is 12.0. The van der Waals surface area contributed by atoms with Crippen molar-refractivity contribution in [2.75, 3.05) is 38.2 Å². The number of hydrogen-bond acceptors (Lipinski definition) is 4. The maximum atomic E-state index is 13.7. The minimum Gasteiger partial charge on any atom is -0.495 e. The second-order valence-electron chi connectivity index (χ2n) is 9.28. The largest absolute Gasteiger partial charge is 0.495 e. The number of nitrogens with zero attached hydrogens (tertiary/aromatic N) is 2. The first kappa shape index (κ1) is 22.4. The van der Waals surface area contributed by atoms with Crippen molar-refractivity contribution < 1.29 is 9.53 Å². The normalized spacial score (nSPS) is 19.7. The third-order valence-corrected chi connectivity index (χ3v) is 7.22. The van der Waals surface area contributed by atoms with Gasteiger partial charge in [-0.05, 0) is 43.7 Å². The Morgan fingerprint density at radius 1 is 0.938 bits per heavy atom. The fourth-order valence-corrected chi connectivity index (χ4v) is 5.15. The number of anilines is 1. The Hall–Kier alpha value is -2.75. The summed E-state index contributed by atoms with van der Waals surface area (Å²) in [7, 11) is 1.73. The van der Waals surface area contributed by atoms with Gasteiger partial charge in [-0.25, -0.2) is 0 Å². The van der Waals surface area contributed by atoms with E-state index in [1.807, 2.05) is 30.3 Å². The smallest absolute Gasteiger partial charge is 0.150 e. The molecule has 2 aromatic carbocycles. The molecule has 2 aliphatic rings. The molecule has 1 heterocycles. The fourth-order valence-electron chi connectivity index (χ4n) is 5.15. The number of hydrogen-bond donors (Lipinski definition) is 0. The van der Waals surface area contributed by atoms with Gasteiger partial charge in [0, 0.05) is 32.1 Å². The van der Waals surface area contributed by atoms with Crippen molar-refractivity contribution >= 4 is 11.5 Å². The summed E-state index contributed by atoms with van der Waals surface area (Å²) in [5, 5.41) is 0. The van der Waals surface area contributed by atoms with Crippen LogP contribution >= 0.6 is 0 Å². The monoisotopic (exact) mass is 432 g/mol. The summed E-state index contributed by atoms with van der Waals surface area (Å²) < 4.78 is 5.54. The molecule has 4 nitrogen and oxygen atoms in total. The topological polar surface area (TPSA) is 32.8 Å². The lowest BCUT2D eigenvalue weighted by Gasteiger charge is -2.37. The Kier molecular flexibility index (Phi) is 7.19. The highest BCUT2D eigenvalue weighted by Crippen LogP contribution is 2.36. The Labute approximate surface area is 192 Å². The van der Waals surface area contributed by atoms with Crippen LogP contribution in [0.4, 0.5) is 5.69 Å². The average molecular weight is 433 g/mol.